The molecule has 0 bridgehead atoms. The molecule has 16 heavy (non-hydrogen) atoms. The monoisotopic (exact) mass is 224 g/mol. The molecule has 0 saturated heterocycles. The first-order valence-corrected chi connectivity index (χ1v) is 6.17. The minimum atomic E-state index is -0.185. The van der Waals surface area contributed by atoms with Crippen molar-refractivity contribution < 1.29 is 9.53 Å². The molecule has 0 aromatic heterocycles. The van der Waals surface area contributed by atoms with Gasteiger partial charge in [0.05, 0.1) is 0 Å². The van der Waals surface area contributed by atoms with Crippen molar-refractivity contribution in [2.75, 3.05) is 0 Å². The molecule has 0 radical (unpaired) electrons. The molecule has 1 saturated carbocycles. The van der Waals surface area contributed by atoms with Crippen molar-refractivity contribution in [3.8, 4) is 0 Å². The van der Waals surface area contributed by atoms with Crippen LogP contribution in [0.3, 0.4) is 0 Å². The maximum atomic E-state index is 11.5. The van der Waals surface area contributed by atoms with Gasteiger partial charge in [0, 0.05) is 6.08 Å². The van der Waals surface area contributed by atoms with Gasteiger partial charge < -0.3 is 4.74 Å². The largest absolute Gasteiger partial charge is 0.459 e. The molecule has 0 unspecified atom stereocenters. The predicted octanol–water partition coefficient (Wildman–Crippen LogP) is 3.71. The summed E-state index contributed by atoms with van der Waals surface area (Å²) in [5, 5.41) is 0. The second kappa shape index (κ2) is 5.03. The molecule has 0 amide bonds. The van der Waals surface area contributed by atoms with E-state index in [9.17, 15) is 4.79 Å². The molecule has 0 aromatic carbocycles. The van der Waals surface area contributed by atoms with Gasteiger partial charge in [-0.25, -0.2) is 4.79 Å². The van der Waals surface area contributed by atoms with E-state index in [2.05, 4.69) is 20.8 Å². The van der Waals surface area contributed by atoms with Crippen molar-refractivity contribution in [2.45, 2.75) is 60.0 Å². The van der Waals surface area contributed by atoms with E-state index in [4.69, 9.17) is 4.74 Å². The van der Waals surface area contributed by atoms with Gasteiger partial charge in [-0.2, -0.15) is 0 Å². The highest BCUT2D eigenvalue weighted by Gasteiger charge is 2.35. The molecule has 0 heterocycles. The quantitative estimate of drug-likeness (QED) is 0.528. The van der Waals surface area contributed by atoms with Crippen LogP contribution in [0, 0.1) is 11.3 Å². The highest BCUT2D eigenvalue weighted by atomic mass is 16.5. The molecule has 2 atom stereocenters. The Labute approximate surface area is 99.1 Å². The SMILES string of the molecule is CC(C)=CC(=O)O[C@@H]1CC[C@H](C)C(C)(C)C1. The molecule has 92 valence electrons. The molecule has 1 rings (SSSR count). The second-order valence-electron chi connectivity index (χ2n) is 5.95. The number of ether oxygens (including phenoxy) is 1. The topological polar surface area (TPSA) is 26.3 Å². The average molecular weight is 224 g/mol. The van der Waals surface area contributed by atoms with Gasteiger partial charge in [0.15, 0.2) is 0 Å². The fourth-order valence-electron chi connectivity index (χ4n) is 2.25. The Balaban J connectivity index is 2.52. The maximum Gasteiger partial charge on any atom is 0.330 e. The first-order valence-electron chi connectivity index (χ1n) is 6.17. The van der Waals surface area contributed by atoms with Gasteiger partial charge in [-0.05, 0) is 44.4 Å². The van der Waals surface area contributed by atoms with E-state index in [1.54, 1.807) is 6.08 Å². The normalized spacial score (nSPS) is 28.3. The minimum absolute atomic E-state index is 0.106. The van der Waals surface area contributed by atoms with E-state index >= 15 is 0 Å². The van der Waals surface area contributed by atoms with Crippen molar-refractivity contribution in [2.24, 2.45) is 11.3 Å². The number of hydrogen-bond acceptors (Lipinski definition) is 2. The molecule has 2 heteroatoms. The van der Waals surface area contributed by atoms with Gasteiger partial charge in [-0.15, -0.1) is 0 Å². The van der Waals surface area contributed by atoms with Crippen LogP contribution in [0.1, 0.15) is 53.9 Å². The van der Waals surface area contributed by atoms with Gasteiger partial charge in [0.1, 0.15) is 6.10 Å². The van der Waals surface area contributed by atoms with E-state index < -0.39 is 0 Å². The Morgan fingerprint density at radius 2 is 1.94 bits per heavy atom. The number of carbonyl (C=O) groups is 1. The van der Waals surface area contributed by atoms with Crippen LogP contribution in [-0.4, -0.2) is 12.1 Å². The summed E-state index contributed by atoms with van der Waals surface area (Å²) in [7, 11) is 0. The van der Waals surface area contributed by atoms with E-state index in [1.165, 1.54) is 0 Å². The summed E-state index contributed by atoms with van der Waals surface area (Å²) in [6.07, 6.45) is 4.82. The minimum Gasteiger partial charge on any atom is -0.459 e. The maximum absolute atomic E-state index is 11.5. The number of esters is 1. The van der Waals surface area contributed by atoms with E-state index in [0.29, 0.717) is 5.92 Å². The van der Waals surface area contributed by atoms with E-state index in [0.717, 1.165) is 24.8 Å². The lowest BCUT2D eigenvalue weighted by atomic mass is 9.69. The van der Waals surface area contributed by atoms with Crippen molar-refractivity contribution in [1.82, 2.24) is 0 Å². The summed E-state index contributed by atoms with van der Waals surface area (Å²) < 4.78 is 5.47. The Kier molecular flexibility index (Phi) is 4.17. The van der Waals surface area contributed by atoms with Crippen molar-refractivity contribution in [3.63, 3.8) is 0 Å². The zero-order chi connectivity index (χ0) is 12.3. The van der Waals surface area contributed by atoms with Crippen molar-refractivity contribution in [1.29, 1.82) is 0 Å². The van der Waals surface area contributed by atoms with E-state index in [1.807, 2.05) is 13.8 Å². The fourth-order valence-corrected chi connectivity index (χ4v) is 2.25. The zero-order valence-electron chi connectivity index (χ0n) is 11.2. The highest BCUT2D eigenvalue weighted by molar-refractivity contribution is 5.82. The third-order valence-electron chi connectivity index (χ3n) is 3.70. The number of hydrogen-bond donors (Lipinski definition) is 0. The molecule has 1 aliphatic carbocycles. The Morgan fingerprint density at radius 3 is 2.44 bits per heavy atom. The average Bonchev–Trinajstić information content (AvgIpc) is 2.09. The molecule has 2 nitrogen and oxygen atoms in total. The third-order valence-corrected chi connectivity index (χ3v) is 3.70. The molecule has 0 N–H and O–H groups in total. The van der Waals surface area contributed by atoms with Crippen LogP contribution in [0.25, 0.3) is 0 Å². The van der Waals surface area contributed by atoms with Crippen LogP contribution in [0.4, 0.5) is 0 Å². The molecular formula is C14H24O2. The first-order chi connectivity index (χ1) is 7.31. The molecule has 0 aromatic rings. The van der Waals surface area contributed by atoms with Crippen LogP contribution in [0.5, 0.6) is 0 Å². The smallest absolute Gasteiger partial charge is 0.330 e. The molecule has 1 aliphatic rings. The zero-order valence-corrected chi connectivity index (χ0v) is 11.2. The highest BCUT2D eigenvalue weighted by Crippen LogP contribution is 2.41. The summed E-state index contributed by atoms with van der Waals surface area (Å²) in [6, 6.07) is 0. The van der Waals surface area contributed by atoms with Crippen LogP contribution >= 0.6 is 0 Å². The standard InChI is InChI=1S/C14H24O2/c1-10(2)8-13(15)16-12-7-6-11(3)14(4,5)9-12/h8,11-12H,6-7,9H2,1-5H3/t11-,12+/m0/s1. The van der Waals surface area contributed by atoms with E-state index in [-0.39, 0.29) is 17.5 Å². The van der Waals surface area contributed by atoms with Gasteiger partial charge in [-0.1, -0.05) is 26.3 Å². The first kappa shape index (κ1) is 13.3. The Bertz CT molecular complexity index is 285. The number of allylic oxidation sites excluding steroid dienone is 1. The van der Waals surface area contributed by atoms with Crippen LogP contribution in [0.2, 0.25) is 0 Å². The molecule has 0 aliphatic heterocycles. The Morgan fingerprint density at radius 1 is 1.31 bits per heavy atom. The lowest BCUT2D eigenvalue weighted by Crippen LogP contribution is -2.35. The Hall–Kier alpha value is -0.790. The molecule has 0 spiro atoms. The van der Waals surface area contributed by atoms with Gasteiger partial charge in [0.25, 0.3) is 0 Å². The van der Waals surface area contributed by atoms with Gasteiger partial charge in [-0.3, -0.25) is 0 Å². The summed E-state index contributed by atoms with van der Waals surface area (Å²) in [5.41, 5.74) is 1.28. The number of carbonyl (C=O) groups excluding carboxylic acids is 1. The fraction of sp³-hybridized carbons (Fsp3) is 0.786. The summed E-state index contributed by atoms with van der Waals surface area (Å²) >= 11 is 0. The predicted molar refractivity (Wildman–Crippen MR) is 66.1 cm³/mol. The third kappa shape index (κ3) is 3.66. The van der Waals surface area contributed by atoms with Crippen LogP contribution in [-0.2, 0) is 9.53 Å². The lowest BCUT2D eigenvalue weighted by molar-refractivity contribution is -0.147. The van der Waals surface area contributed by atoms with Crippen molar-refractivity contribution in [3.05, 3.63) is 11.6 Å². The van der Waals surface area contributed by atoms with Gasteiger partial charge >= 0.3 is 5.97 Å². The van der Waals surface area contributed by atoms with Crippen molar-refractivity contribution >= 4 is 5.97 Å². The molecular weight excluding hydrogens is 200 g/mol. The summed E-state index contributed by atoms with van der Waals surface area (Å²) in [5.74, 6) is 0.529. The number of rotatable bonds is 2. The summed E-state index contributed by atoms with van der Waals surface area (Å²) in [6.45, 7) is 10.6. The second-order valence-corrected chi connectivity index (χ2v) is 5.95. The summed E-state index contributed by atoms with van der Waals surface area (Å²) in [4.78, 5) is 11.5. The van der Waals surface area contributed by atoms with Gasteiger partial charge in [0.2, 0.25) is 0 Å². The lowest BCUT2D eigenvalue weighted by Gasteiger charge is -2.40. The van der Waals surface area contributed by atoms with Crippen LogP contribution < -0.4 is 0 Å². The molecule has 1 fully saturated rings. The van der Waals surface area contributed by atoms with Crippen LogP contribution in [0.15, 0.2) is 11.6 Å².